The lowest BCUT2D eigenvalue weighted by Gasteiger charge is -2.38. The summed E-state index contributed by atoms with van der Waals surface area (Å²) in [5, 5.41) is 0.0608. The van der Waals surface area contributed by atoms with Crippen LogP contribution in [0.2, 0.25) is 5.02 Å². The molecular formula is C14H19ClF3N3. The molecule has 2 rings (SSSR count). The summed E-state index contributed by atoms with van der Waals surface area (Å²) in [5.74, 6) is 0. The molecule has 0 bridgehead atoms. The van der Waals surface area contributed by atoms with Gasteiger partial charge in [0.15, 0.2) is 0 Å². The fourth-order valence-corrected chi connectivity index (χ4v) is 3.11. The number of piperidine rings is 1. The first-order valence-electron chi connectivity index (χ1n) is 6.77. The van der Waals surface area contributed by atoms with Crippen LogP contribution in [-0.4, -0.2) is 38.1 Å². The monoisotopic (exact) mass is 321 g/mol. The average Bonchev–Trinajstić information content (AvgIpc) is 2.37. The van der Waals surface area contributed by atoms with Crippen LogP contribution >= 0.6 is 11.6 Å². The predicted molar refractivity (Wildman–Crippen MR) is 79.8 cm³/mol. The van der Waals surface area contributed by atoms with Gasteiger partial charge in [-0.1, -0.05) is 11.6 Å². The van der Waals surface area contributed by atoms with Crippen molar-refractivity contribution in [3.05, 3.63) is 22.7 Å². The van der Waals surface area contributed by atoms with Crippen LogP contribution in [0, 0.1) is 0 Å². The van der Waals surface area contributed by atoms with Crippen molar-refractivity contribution in [3.63, 3.8) is 0 Å². The topological polar surface area (TPSA) is 32.5 Å². The first-order chi connectivity index (χ1) is 9.70. The van der Waals surface area contributed by atoms with Crippen LogP contribution in [0.5, 0.6) is 0 Å². The third kappa shape index (κ3) is 3.55. The van der Waals surface area contributed by atoms with Gasteiger partial charge in [0, 0.05) is 24.8 Å². The minimum Gasteiger partial charge on any atom is -0.399 e. The normalized spacial score (nSPS) is 17.6. The zero-order valence-corrected chi connectivity index (χ0v) is 12.8. The molecule has 0 unspecified atom stereocenters. The van der Waals surface area contributed by atoms with Gasteiger partial charge < -0.3 is 15.5 Å². The number of nitrogens with zero attached hydrogens (tertiary/aromatic N) is 2. The van der Waals surface area contributed by atoms with Gasteiger partial charge in [-0.05, 0) is 39.1 Å². The van der Waals surface area contributed by atoms with Gasteiger partial charge in [0.2, 0.25) is 0 Å². The number of nitrogens with two attached hydrogens (primary N) is 1. The summed E-state index contributed by atoms with van der Waals surface area (Å²) in [7, 11) is 3.97. The van der Waals surface area contributed by atoms with Crippen molar-refractivity contribution in [2.45, 2.75) is 25.1 Å². The Labute approximate surface area is 127 Å². The van der Waals surface area contributed by atoms with Gasteiger partial charge in [-0.25, -0.2) is 0 Å². The molecule has 0 amide bonds. The molecule has 0 spiro atoms. The van der Waals surface area contributed by atoms with Gasteiger partial charge in [0.1, 0.15) is 0 Å². The lowest BCUT2D eigenvalue weighted by molar-refractivity contribution is -0.137. The van der Waals surface area contributed by atoms with Gasteiger partial charge in [-0.15, -0.1) is 0 Å². The molecule has 1 aromatic rings. The highest BCUT2D eigenvalue weighted by Crippen LogP contribution is 2.43. The number of anilines is 2. The Balaban J connectivity index is 2.32. The summed E-state index contributed by atoms with van der Waals surface area (Å²) in [6.07, 6.45) is -2.84. The molecule has 0 aliphatic carbocycles. The maximum atomic E-state index is 13.2. The number of rotatable bonds is 2. The molecule has 0 aromatic heterocycles. The van der Waals surface area contributed by atoms with Crippen molar-refractivity contribution in [3.8, 4) is 0 Å². The molecule has 2 N–H and O–H groups in total. The SMILES string of the molecule is CN(C)C1CCN(c2c(Cl)cc(N)cc2C(F)(F)F)CC1. The minimum absolute atomic E-state index is 0.0271. The summed E-state index contributed by atoms with van der Waals surface area (Å²) in [4.78, 5) is 3.82. The van der Waals surface area contributed by atoms with Gasteiger partial charge in [-0.3, -0.25) is 0 Å². The maximum absolute atomic E-state index is 13.2. The van der Waals surface area contributed by atoms with Crippen LogP contribution in [0.3, 0.4) is 0 Å². The summed E-state index contributed by atoms with van der Waals surface area (Å²) >= 11 is 6.04. The Kier molecular flexibility index (Phi) is 4.58. The van der Waals surface area contributed by atoms with Crippen LogP contribution < -0.4 is 10.6 Å². The lowest BCUT2D eigenvalue weighted by atomic mass is 10.0. The largest absolute Gasteiger partial charge is 0.418 e. The zero-order valence-electron chi connectivity index (χ0n) is 12.0. The van der Waals surface area contributed by atoms with Crippen molar-refractivity contribution in [1.29, 1.82) is 0 Å². The van der Waals surface area contributed by atoms with E-state index in [2.05, 4.69) is 4.90 Å². The van der Waals surface area contributed by atoms with E-state index in [0.717, 1.165) is 18.9 Å². The lowest BCUT2D eigenvalue weighted by Crippen LogP contribution is -2.42. The smallest absolute Gasteiger partial charge is 0.399 e. The highest BCUT2D eigenvalue weighted by Gasteiger charge is 2.37. The Morgan fingerprint density at radius 1 is 1.24 bits per heavy atom. The molecule has 1 heterocycles. The van der Waals surface area contributed by atoms with E-state index in [1.165, 1.54) is 6.07 Å². The summed E-state index contributed by atoms with van der Waals surface area (Å²) in [6, 6.07) is 2.73. The van der Waals surface area contributed by atoms with Crippen LogP contribution in [-0.2, 0) is 6.18 Å². The molecule has 1 aliphatic heterocycles. The fraction of sp³-hybridized carbons (Fsp3) is 0.571. The van der Waals surface area contributed by atoms with E-state index in [4.69, 9.17) is 17.3 Å². The second-order valence-electron chi connectivity index (χ2n) is 5.58. The van der Waals surface area contributed by atoms with Crippen molar-refractivity contribution in [2.24, 2.45) is 0 Å². The molecule has 0 radical (unpaired) electrons. The molecule has 0 atom stereocenters. The molecule has 1 aromatic carbocycles. The second kappa shape index (κ2) is 5.93. The Hall–Kier alpha value is -1.14. The Morgan fingerprint density at radius 3 is 2.29 bits per heavy atom. The van der Waals surface area contributed by atoms with E-state index in [1.54, 1.807) is 4.90 Å². The first-order valence-corrected chi connectivity index (χ1v) is 7.15. The molecule has 1 aliphatic rings. The Bertz CT molecular complexity index is 509. The third-order valence-corrected chi connectivity index (χ3v) is 4.19. The van der Waals surface area contributed by atoms with E-state index < -0.39 is 11.7 Å². The third-order valence-electron chi connectivity index (χ3n) is 3.90. The molecule has 1 fully saturated rings. The van der Waals surface area contributed by atoms with Gasteiger partial charge in [0.25, 0.3) is 0 Å². The molecular weight excluding hydrogens is 303 g/mol. The van der Waals surface area contributed by atoms with E-state index in [9.17, 15) is 13.2 Å². The maximum Gasteiger partial charge on any atom is 0.418 e. The number of nitrogen functional groups attached to an aromatic ring is 1. The predicted octanol–water partition coefficient (Wildman–Crippen LogP) is 3.47. The quantitative estimate of drug-likeness (QED) is 0.847. The first kappa shape index (κ1) is 16.2. The van der Waals surface area contributed by atoms with Crippen molar-refractivity contribution < 1.29 is 13.2 Å². The van der Waals surface area contributed by atoms with E-state index in [-0.39, 0.29) is 16.4 Å². The molecule has 0 saturated carbocycles. The highest BCUT2D eigenvalue weighted by atomic mass is 35.5. The van der Waals surface area contributed by atoms with Crippen LogP contribution in [0.1, 0.15) is 18.4 Å². The van der Waals surface area contributed by atoms with E-state index in [1.807, 2.05) is 14.1 Å². The summed E-state index contributed by atoms with van der Waals surface area (Å²) in [6.45, 7) is 1.10. The highest BCUT2D eigenvalue weighted by molar-refractivity contribution is 6.33. The van der Waals surface area contributed by atoms with Gasteiger partial charge >= 0.3 is 6.18 Å². The minimum atomic E-state index is -4.47. The average molecular weight is 322 g/mol. The summed E-state index contributed by atoms with van der Waals surface area (Å²) < 4.78 is 39.7. The molecule has 3 nitrogen and oxygen atoms in total. The molecule has 7 heteroatoms. The van der Waals surface area contributed by atoms with E-state index >= 15 is 0 Å². The van der Waals surface area contributed by atoms with Crippen LogP contribution in [0.4, 0.5) is 24.5 Å². The van der Waals surface area contributed by atoms with Gasteiger partial charge in [-0.2, -0.15) is 13.2 Å². The second-order valence-corrected chi connectivity index (χ2v) is 5.99. The van der Waals surface area contributed by atoms with Crippen LogP contribution in [0.15, 0.2) is 12.1 Å². The van der Waals surface area contributed by atoms with Crippen molar-refractivity contribution in [2.75, 3.05) is 37.8 Å². The number of hydrogen-bond acceptors (Lipinski definition) is 3. The Morgan fingerprint density at radius 2 is 1.81 bits per heavy atom. The van der Waals surface area contributed by atoms with E-state index in [0.29, 0.717) is 19.1 Å². The number of halogens is 4. The van der Waals surface area contributed by atoms with Gasteiger partial charge in [0.05, 0.1) is 16.3 Å². The van der Waals surface area contributed by atoms with Crippen molar-refractivity contribution in [1.82, 2.24) is 4.90 Å². The zero-order chi connectivity index (χ0) is 15.8. The fourth-order valence-electron chi connectivity index (χ4n) is 2.76. The number of alkyl halides is 3. The molecule has 21 heavy (non-hydrogen) atoms. The number of hydrogen-bond donors (Lipinski definition) is 1. The molecule has 118 valence electrons. The number of benzene rings is 1. The summed E-state index contributed by atoms with van der Waals surface area (Å²) in [5.41, 5.74) is 4.83. The molecule has 1 saturated heterocycles. The van der Waals surface area contributed by atoms with Crippen LogP contribution in [0.25, 0.3) is 0 Å². The van der Waals surface area contributed by atoms with Crippen molar-refractivity contribution >= 4 is 23.0 Å². The standard InChI is InChI=1S/C14H19ClF3N3/c1-20(2)10-3-5-21(6-4-10)13-11(14(16,17)18)7-9(19)8-12(13)15/h7-8,10H,3-6,19H2,1-2H3.